The van der Waals surface area contributed by atoms with Gasteiger partial charge in [-0.05, 0) is 84.3 Å². The van der Waals surface area contributed by atoms with Crippen LogP contribution in [-0.2, 0) is 19.9 Å². The first kappa shape index (κ1) is 44.1. The van der Waals surface area contributed by atoms with Crippen molar-refractivity contribution in [2.75, 3.05) is 67.6 Å². The Labute approximate surface area is 369 Å². The molecule has 0 spiro atoms. The number of benzene rings is 4. The molecule has 3 N–H and O–H groups in total. The van der Waals surface area contributed by atoms with Gasteiger partial charge < -0.3 is 20.0 Å². The van der Waals surface area contributed by atoms with Crippen LogP contribution in [0.15, 0.2) is 95.5 Å². The number of allylic oxidation sites excluding steroid dienone is 1. The van der Waals surface area contributed by atoms with Crippen LogP contribution in [-0.4, -0.2) is 99.9 Å². The van der Waals surface area contributed by atoms with Crippen molar-refractivity contribution in [3.8, 4) is 11.5 Å². The highest BCUT2D eigenvalue weighted by atomic mass is 35.5. The van der Waals surface area contributed by atoms with E-state index >= 15 is 4.39 Å². The van der Waals surface area contributed by atoms with Gasteiger partial charge in [-0.1, -0.05) is 43.2 Å². The van der Waals surface area contributed by atoms with Crippen molar-refractivity contribution < 1.29 is 35.7 Å². The number of nitrogens with one attached hydrogen (secondary N) is 3. The van der Waals surface area contributed by atoms with Crippen LogP contribution in [0.4, 0.5) is 21.5 Å². The summed E-state index contributed by atoms with van der Waals surface area (Å²) in [6, 6.07) is 20.3. The van der Waals surface area contributed by atoms with Crippen LogP contribution in [0.1, 0.15) is 49.0 Å². The van der Waals surface area contributed by atoms with Crippen molar-refractivity contribution in [3.63, 3.8) is 0 Å². The molecule has 0 atom stereocenters. The molecule has 2 aliphatic heterocycles. The number of ether oxygens (including phenoxy) is 1. The number of carbonyl (C=O) groups is 1. The van der Waals surface area contributed by atoms with E-state index in [1.807, 2.05) is 16.9 Å². The summed E-state index contributed by atoms with van der Waals surface area (Å²) >= 11 is 6.22. The van der Waals surface area contributed by atoms with Gasteiger partial charge in [-0.2, -0.15) is 0 Å². The summed E-state index contributed by atoms with van der Waals surface area (Å²) in [5.41, 5.74) is 7.31. The number of anilines is 2. The standard InChI is InChI=1S/C44H47ClFN7O8S2/c1-44(2)13-11-31(36(27-44)29-3-5-32(45)6-4-29)28-50-15-17-51(18-16-50)33-7-9-35(41(24-33)61-42-23-30-12-14-47-39(30)26-37(42)46)43(54)49-63(59,60)34-8-10-38(40(25-34)53(55)56)48-52-19-21-62(57,58)22-20-52/h3-10,12,14,23-26,47-48H,11,13,15-22,27-28H2,1-2H3,(H,49,54). The molecule has 5 aromatic rings. The van der Waals surface area contributed by atoms with Gasteiger partial charge in [0.25, 0.3) is 21.6 Å². The Hall–Kier alpha value is -5.53. The van der Waals surface area contributed by atoms with E-state index in [4.69, 9.17) is 16.3 Å². The predicted octanol–water partition coefficient (Wildman–Crippen LogP) is 7.62. The minimum Gasteiger partial charge on any atom is -0.453 e. The molecular weight excluding hydrogens is 873 g/mol. The molecule has 0 unspecified atom stereocenters. The van der Waals surface area contributed by atoms with E-state index in [2.05, 4.69) is 46.2 Å². The Morgan fingerprint density at radius 1 is 0.952 bits per heavy atom. The van der Waals surface area contributed by atoms with E-state index in [0.717, 1.165) is 51.0 Å². The number of hydrazine groups is 1. The van der Waals surface area contributed by atoms with Crippen LogP contribution in [0.3, 0.4) is 0 Å². The number of nitrogens with zero attached hydrogens (tertiary/aromatic N) is 4. The number of hydrogen-bond donors (Lipinski definition) is 3. The number of aromatic amines is 1. The highest BCUT2D eigenvalue weighted by Gasteiger charge is 2.31. The number of fused-ring (bicyclic) bond motifs is 1. The lowest BCUT2D eigenvalue weighted by molar-refractivity contribution is -0.384. The summed E-state index contributed by atoms with van der Waals surface area (Å²) in [4.78, 5) is 32.1. The third-order valence-corrected chi connectivity index (χ3v) is 15.1. The zero-order chi connectivity index (χ0) is 44.7. The lowest BCUT2D eigenvalue weighted by Gasteiger charge is -2.39. The minimum atomic E-state index is -4.71. The fourth-order valence-corrected chi connectivity index (χ4v) is 10.6. The number of H-pyrrole nitrogens is 1. The molecule has 2 fully saturated rings. The molecule has 3 aliphatic rings. The number of nitro benzene ring substituents is 1. The largest absolute Gasteiger partial charge is 0.453 e. The number of amides is 1. The predicted molar refractivity (Wildman–Crippen MR) is 241 cm³/mol. The molecule has 3 heterocycles. The minimum absolute atomic E-state index is 0.0593. The number of piperazine rings is 1. The lowest BCUT2D eigenvalue weighted by Crippen LogP contribution is -2.47. The van der Waals surface area contributed by atoms with Crippen molar-refractivity contribution >= 4 is 70.9 Å². The number of hydrogen-bond acceptors (Lipinski definition) is 12. The lowest BCUT2D eigenvalue weighted by atomic mass is 9.72. The van der Waals surface area contributed by atoms with Gasteiger partial charge in [-0.15, -0.1) is 0 Å². The number of halogens is 2. The Balaban J connectivity index is 1.02. The van der Waals surface area contributed by atoms with Crippen molar-refractivity contribution in [3.05, 3.63) is 123 Å². The second kappa shape index (κ2) is 17.6. The van der Waals surface area contributed by atoms with E-state index in [1.165, 1.54) is 46.0 Å². The van der Waals surface area contributed by atoms with Crippen LogP contribution in [0.2, 0.25) is 5.02 Å². The second-order valence-corrected chi connectivity index (χ2v) is 21.4. The van der Waals surface area contributed by atoms with Gasteiger partial charge in [0.2, 0.25) is 0 Å². The van der Waals surface area contributed by atoms with Crippen LogP contribution in [0.5, 0.6) is 11.5 Å². The molecular formula is C44H47ClFN7O8S2. The van der Waals surface area contributed by atoms with Gasteiger partial charge in [0.1, 0.15) is 11.4 Å². The summed E-state index contributed by atoms with van der Waals surface area (Å²) in [7, 11) is -7.94. The van der Waals surface area contributed by atoms with Crippen LogP contribution < -0.4 is 19.8 Å². The Morgan fingerprint density at radius 3 is 2.40 bits per heavy atom. The molecule has 1 amide bonds. The number of sulfone groups is 1. The zero-order valence-electron chi connectivity index (χ0n) is 34.7. The summed E-state index contributed by atoms with van der Waals surface area (Å²) in [6.45, 7) is 8.35. The number of rotatable bonds is 12. The molecule has 4 aromatic carbocycles. The van der Waals surface area contributed by atoms with Gasteiger partial charge in [0, 0.05) is 91.8 Å². The van der Waals surface area contributed by atoms with Gasteiger partial charge in [-0.25, -0.2) is 31.0 Å². The van der Waals surface area contributed by atoms with Gasteiger partial charge in [-0.3, -0.25) is 19.8 Å². The van der Waals surface area contributed by atoms with E-state index in [-0.39, 0.29) is 52.8 Å². The SMILES string of the molecule is CC1(C)CCC(CN2CCN(c3ccc(C(=O)NS(=O)(=O)c4ccc(NN5CCS(=O)(=O)CC5)c([N+](=O)[O-])c4)c(Oc4cc5cc[nH]c5cc4F)c3)CC2)=C(c2ccc(Cl)cc2)C1. The normalized spacial score (nSPS) is 18.3. The highest BCUT2D eigenvalue weighted by molar-refractivity contribution is 7.91. The third-order valence-electron chi connectivity index (χ3n) is 11.9. The molecule has 0 bridgehead atoms. The average molecular weight is 920 g/mol. The van der Waals surface area contributed by atoms with E-state index < -0.39 is 47.1 Å². The maximum Gasteiger partial charge on any atom is 0.295 e. The molecule has 1 aromatic heterocycles. The molecule has 8 rings (SSSR count). The quantitative estimate of drug-likeness (QED) is 0.0822. The maximum absolute atomic E-state index is 15.5. The number of aromatic nitrogens is 1. The smallest absolute Gasteiger partial charge is 0.295 e. The molecule has 1 aliphatic carbocycles. The Bertz CT molecular complexity index is 2830. The maximum atomic E-state index is 15.5. The highest BCUT2D eigenvalue weighted by Crippen LogP contribution is 2.43. The summed E-state index contributed by atoms with van der Waals surface area (Å²) in [6.07, 6.45) is 4.73. The van der Waals surface area contributed by atoms with E-state index in [0.29, 0.717) is 34.7 Å². The van der Waals surface area contributed by atoms with Crippen molar-refractivity contribution in [2.45, 2.75) is 38.0 Å². The number of carbonyl (C=O) groups excluding carboxylic acids is 1. The Kier molecular flexibility index (Phi) is 12.3. The molecule has 15 nitrogen and oxygen atoms in total. The van der Waals surface area contributed by atoms with Gasteiger partial charge in [0.15, 0.2) is 21.4 Å². The van der Waals surface area contributed by atoms with E-state index in [1.54, 1.807) is 24.4 Å². The first-order chi connectivity index (χ1) is 29.9. The third kappa shape index (κ3) is 10.2. The van der Waals surface area contributed by atoms with Crippen LogP contribution >= 0.6 is 11.6 Å². The summed E-state index contributed by atoms with van der Waals surface area (Å²) in [5.74, 6) is -2.40. The topological polar surface area (TPSA) is 187 Å². The Morgan fingerprint density at radius 2 is 1.68 bits per heavy atom. The monoisotopic (exact) mass is 919 g/mol. The second-order valence-electron chi connectivity index (χ2n) is 16.9. The van der Waals surface area contributed by atoms with Crippen molar-refractivity contribution in [1.82, 2.24) is 19.6 Å². The molecule has 19 heteroatoms. The fourth-order valence-electron chi connectivity index (χ4n) is 8.28. The van der Waals surface area contributed by atoms with Gasteiger partial charge >= 0.3 is 0 Å². The molecule has 0 radical (unpaired) electrons. The number of nitro groups is 1. The average Bonchev–Trinajstić information content (AvgIpc) is 3.69. The van der Waals surface area contributed by atoms with Gasteiger partial charge in [0.05, 0.1) is 26.9 Å². The van der Waals surface area contributed by atoms with Crippen LogP contribution in [0.25, 0.3) is 16.5 Å². The molecule has 2 saturated heterocycles. The van der Waals surface area contributed by atoms with Crippen LogP contribution in [0, 0.1) is 21.3 Å². The first-order valence-corrected chi connectivity index (χ1v) is 24.2. The molecule has 63 heavy (non-hydrogen) atoms. The zero-order valence-corrected chi connectivity index (χ0v) is 37.1. The molecule has 0 saturated carbocycles. The molecule has 332 valence electrons. The first-order valence-electron chi connectivity index (χ1n) is 20.5. The van der Waals surface area contributed by atoms with Crippen molar-refractivity contribution in [1.29, 1.82) is 0 Å². The fraction of sp³-hybridized carbons (Fsp3) is 0.341. The summed E-state index contributed by atoms with van der Waals surface area (Å²) < 4.78 is 74.6. The summed E-state index contributed by atoms with van der Waals surface area (Å²) in [5, 5.41) is 14.9. The van der Waals surface area contributed by atoms with E-state index in [9.17, 15) is 31.7 Å². The number of sulfonamides is 1. The van der Waals surface area contributed by atoms with Crippen molar-refractivity contribution in [2.24, 2.45) is 5.41 Å².